The molecule has 0 aromatic rings. The molecule has 0 heterocycles. The number of carbonyl (C=O) groups excluding carboxylic acids is 1. The SMILES string of the molecule is C[C@H](CCC(=O)[O-])[C@H]1CCC2C3C(C[C@H](O)[C@@]21C)[C@@]1(C)CC[C@@H](O)C[C@H]1C[C@H]3O.C[N+](C)(C)CCO. The Balaban J connectivity index is 0.000000454. The van der Waals surface area contributed by atoms with Gasteiger partial charge in [0, 0.05) is 5.97 Å². The number of aliphatic hydroxyl groups excluding tert-OH is 4. The quantitative estimate of drug-likeness (QED) is 0.404. The topological polar surface area (TPSA) is 121 Å². The number of rotatable bonds is 6. The lowest BCUT2D eigenvalue weighted by Gasteiger charge is -2.63. The fraction of sp³-hybridized carbons (Fsp3) is 0.966. The maximum atomic E-state index is 11.5. The van der Waals surface area contributed by atoms with Crippen LogP contribution in [0, 0.1) is 46.3 Å². The van der Waals surface area contributed by atoms with Crippen LogP contribution in [0.5, 0.6) is 0 Å². The normalized spacial score (nSPS) is 44.9. The number of quaternary nitrogens is 1. The molecule has 0 aromatic heterocycles. The van der Waals surface area contributed by atoms with Gasteiger partial charge >= 0.3 is 0 Å². The summed E-state index contributed by atoms with van der Waals surface area (Å²) in [5.74, 6) is 0.635. The predicted molar refractivity (Wildman–Crippen MR) is 137 cm³/mol. The molecule has 11 atom stereocenters. The summed E-state index contributed by atoms with van der Waals surface area (Å²) < 4.78 is 0.844. The number of fused-ring (bicyclic) bond motifs is 5. The zero-order valence-electron chi connectivity index (χ0n) is 23.5. The van der Waals surface area contributed by atoms with Crippen LogP contribution < -0.4 is 5.11 Å². The van der Waals surface area contributed by atoms with Crippen LogP contribution in [-0.4, -0.2) is 83.5 Å². The fourth-order valence-corrected chi connectivity index (χ4v) is 8.98. The van der Waals surface area contributed by atoms with Crippen molar-refractivity contribution in [3.05, 3.63) is 0 Å². The van der Waals surface area contributed by atoms with E-state index in [9.17, 15) is 25.2 Å². The first-order valence-corrected chi connectivity index (χ1v) is 14.3. The minimum atomic E-state index is -0.998. The highest BCUT2D eigenvalue weighted by Crippen LogP contribution is 2.68. The van der Waals surface area contributed by atoms with E-state index >= 15 is 0 Å². The summed E-state index contributed by atoms with van der Waals surface area (Å²) in [7, 11) is 6.16. The van der Waals surface area contributed by atoms with Crippen molar-refractivity contribution in [2.75, 3.05) is 34.3 Å². The molecule has 4 aliphatic carbocycles. The molecule has 7 heteroatoms. The van der Waals surface area contributed by atoms with Crippen LogP contribution in [0.25, 0.3) is 0 Å². The molecule has 4 aliphatic rings. The highest BCUT2D eigenvalue weighted by molar-refractivity contribution is 5.64. The van der Waals surface area contributed by atoms with Crippen molar-refractivity contribution in [2.45, 2.75) is 96.9 Å². The van der Waals surface area contributed by atoms with Gasteiger partial charge in [-0.1, -0.05) is 20.8 Å². The monoisotopic (exact) mass is 511 g/mol. The van der Waals surface area contributed by atoms with E-state index in [0.29, 0.717) is 18.3 Å². The van der Waals surface area contributed by atoms with Gasteiger partial charge in [-0.05, 0) is 104 Å². The van der Waals surface area contributed by atoms with Crippen LogP contribution in [0.2, 0.25) is 0 Å². The number of carboxylic acid groups (broad SMARTS) is 1. The van der Waals surface area contributed by atoms with Crippen molar-refractivity contribution >= 4 is 5.97 Å². The Hall–Kier alpha value is -0.730. The molecule has 0 spiro atoms. The number of hydrogen-bond acceptors (Lipinski definition) is 6. The molecule has 0 aromatic carbocycles. The molecular weight excluding hydrogens is 458 g/mol. The van der Waals surface area contributed by atoms with Gasteiger partial charge in [0.2, 0.25) is 0 Å². The van der Waals surface area contributed by atoms with Crippen molar-refractivity contribution in [3.63, 3.8) is 0 Å². The zero-order valence-corrected chi connectivity index (χ0v) is 23.5. The average molecular weight is 512 g/mol. The molecule has 0 bridgehead atoms. The number of likely N-dealkylation sites (N-methyl/N-ethyl adjacent to an activating group) is 1. The van der Waals surface area contributed by atoms with Crippen molar-refractivity contribution in [2.24, 2.45) is 46.3 Å². The Kier molecular flexibility index (Phi) is 9.25. The van der Waals surface area contributed by atoms with Crippen molar-refractivity contribution in [3.8, 4) is 0 Å². The second kappa shape index (κ2) is 11.2. The Morgan fingerprint density at radius 2 is 1.69 bits per heavy atom. The van der Waals surface area contributed by atoms with Gasteiger partial charge in [-0.2, -0.15) is 0 Å². The highest BCUT2D eigenvalue weighted by atomic mass is 16.4. The molecule has 36 heavy (non-hydrogen) atoms. The third-order valence-electron chi connectivity index (χ3n) is 11.1. The molecule has 0 amide bonds. The van der Waals surface area contributed by atoms with Gasteiger partial charge < -0.3 is 34.8 Å². The summed E-state index contributed by atoms with van der Waals surface area (Å²) >= 11 is 0. The van der Waals surface area contributed by atoms with Crippen LogP contribution in [0.15, 0.2) is 0 Å². The van der Waals surface area contributed by atoms with Crippen LogP contribution in [-0.2, 0) is 4.79 Å². The lowest BCUT2D eigenvalue weighted by Crippen LogP contribution is -2.62. The Morgan fingerprint density at radius 3 is 2.25 bits per heavy atom. The minimum absolute atomic E-state index is 0.0747. The van der Waals surface area contributed by atoms with E-state index in [-0.39, 0.29) is 59.7 Å². The number of nitrogens with zero attached hydrogens (tertiary/aromatic N) is 1. The number of hydrogen-bond donors (Lipinski definition) is 4. The third-order valence-corrected chi connectivity index (χ3v) is 11.1. The largest absolute Gasteiger partial charge is 0.550 e. The molecule has 4 rings (SSSR count). The van der Waals surface area contributed by atoms with E-state index < -0.39 is 12.1 Å². The fourth-order valence-electron chi connectivity index (χ4n) is 8.98. The first kappa shape index (κ1) is 29.8. The molecule has 4 saturated carbocycles. The lowest BCUT2D eigenvalue weighted by molar-refractivity contribution is -0.870. The summed E-state index contributed by atoms with van der Waals surface area (Å²) in [4.78, 5) is 11.0. The van der Waals surface area contributed by atoms with Gasteiger partial charge in [0.15, 0.2) is 0 Å². The van der Waals surface area contributed by atoms with Crippen molar-refractivity contribution in [1.29, 1.82) is 0 Å². The molecule has 210 valence electrons. The van der Waals surface area contributed by atoms with Gasteiger partial charge in [-0.3, -0.25) is 0 Å². The van der Waals surface area contributed by atoms with E-state index in [0.717, 1.165) is 56.0 Å². The van der Waals surface area contributed by atoms with E-state index in [4.69, 9.17) is 5.11 Å². The van der Waals surface area contributed by atoms with Gasteiger partial charge in [0.1, 0.15) is 6.54 Å². The van der Waals surface area contributed by atoms with Crippen molar-refractivity contribution < 1.29 is 34.8 Å². The summed E-state index contributed by atoms with van der Waals surface area (Å²) in [5, 5.41) is 52.2. The predicted octanol–water partition coefficient (Wildman–Crippen LogP) is 1.80. The molecular formula is C29H53NO6. The summed E-state index contributed by atoms with van der Waals surface area (Å²) in [6, 6.07) is 0. The molecule has 0 radical (unpaired) electrons. The average Bonchev–Trinajstić information content (AvgIpc) is 3.12. The summed E-state index contributed by atoms with van der Waals surface area (Å²) in [6.07, 6.45) is 5.72. The molecule has 0 aliphatic heterocycles. The van der Waals surface area contributed by atoms with Crippen LogP contribution in [0.4, 0.5) is 0 Å². The first-order valence-electron chi connectivity index (χ1n) is 14.3. The van der Waals surface area contributed by atoms with Crippen LogP contribution in [0.1, 0.15) is 78.6 Å². The zero-order chi connectivity index (χ0) is 27.1. The standard InChI is InChI=1S/C24H40O5.C5H14NO/c1-13(4-7-21(28)29)16-5-6-17-22-18(12-20(27)24(16,17)3)23(2)9-8-15(25)10-14(23)11-19(22)26;1-6(2,3)4-5-7/h13-20,22,25-27H,4-12H2,1-3H3,(H,28,29);7H,4-5H2,1-3H3/q;+1/p-1/t13-,14+,15-,16-,17?,18?,19-,20+,22?,23+,24-;/m1./s1. The maximum absolute atomic E-state index is 11.5. The van der Waals surface area contributed by atoms with E-state index in [1.54, 1.807) is 0 Å². The molecule has 3 unspecified atom stereocenters. The molecule has 4 N–H and O–H groups in total. The third kappa shape index (κ3) is 5.80. The smallest absolute Gasteiger partial charge is 0.101 e. The summed E-state index contributed by atoms with van der Waals surface area (Å²) in [5.41, 5.74) is -0.172. The Morgan fingerprint density at radius 1 is 1.03 bits per heavy atom. The number of carbonyl (C=O) groups is 1. The lowest BCUT2D eigenvalue weighted by atomic mass is 9.43. The second-order valence-corrected chi connectivity index (χ2v) is 14.2. The Bertz CT molecular complexity index is 755. The van der Waals surface area contributed by atoms with E-state index in [2.05, 4.69) is 41.9 Å². The van der Waals surface area contributed by atoms with Gasteiger partial charge in [0.25, 0.3) is 0 Å². The minimum Gasteiger partial charge on any atom is -0.550 e. The first-order chi connectivity index (χ1) is 16.6. The van der Waals surface area contributed by atoms with Gasteiger partial charge in [0.05, 0.1) is 46.1 Å². The van der Waals surface area contributed by atoms with Crippen LogP contribution >= 0.6 is 0 Å². The van der Waals surface area contributed by atoms with E-state index in [1.165, 1.54) is 0 Å². The molecule has 4 fully saturated rings. The van der Waals surface area contributed by atoms with Gasteiger partial charge in [-0.15, -0.1) is 0 Å². The number of carboxylic acids is 1. The van der Waals surface area contributed by atoms with Crippen LogP contribution in [0.3, 0.4) is 0 Å². The van der Waals surface area contributed by atoms with E-state index in [1.807, 2.05) is 0 Å². The van der Waals surface area contributed by atoms with Gasteiger partial charge in [-0.25, -0.2) is 0 Å². The van der Waals surface area contributed by atoms with Crippen molar-refractivity contribution in [1.82, 2.24) is 0 Å². The molecule has 0 saturated heterocycles. The highest BCUT2D eigenvalue weighted by Gasteiger charge is 2.65. The maximum Gasteiger partial charge on any atom is 0.101 e. The molecule has 7 nitrogen and oxygen atoms in total. The second-order valence-electron chi connectivity index (χ2n) is 14.2. The Labute approximate surface area is 218 Å². The number of aliphatic carboxylic acids is 1. The summed E-state index contributed by atoms with van der Waals surface area (Å²) in [6.45, 7) is 7.79. The number of aliphatic hydroxyl groups is 4.